The lowest BCUT2D eigenvalue weighted by Gasteiger charge is -2.08. The highest BCUT2D eigenvalue weighted by atomic mass is 32.1. The van der Waals surface area contributed by atoms with Crippen LogP contribution in [0.25, 0.3) is 0 Å². The van der Waals surface area contributed by atoms with Gasteiger partial charge in [0.25, 0.3) is 11.8 Å². The number of rotatable bonds is 5. The van der Waals surface area contributed by atoms with Gasteiger partial charge in [0.1, 0.15) is 10.8 Å². The molecule has 132 valence electrons. The predicted molar refractivity (Wildman–Crippen MR) is 100 cm³/mol. The summed E-state index contributed by atoms with van der Waals surface area (Å²) in [5.41, 5.74) is 1.78. The van der Waals surface area contributed by atoms with Crippen molar-refractivity contribution < 1.29 is 18.8 Å². The number of anilines is 2. The van der Waals surface area contributed by atoms with Gasteiger partial charge in [-0.05, 0) is 43.5 Å². The van der Waals surface area contributed by atoms with Crippen LogP contribution in [0.2, 0.25) is 0 Å². The minimum Gasteiger partial charge on any atom is -0.469 e. The van der Waals surface area contributed by atoms with Crippen molar-refractivity contribution in [1.29, 1.82) is 0 Å². The summed E-state index contributed by atoms with van der Waals surface area (Å²) in [5.74, 6) is -0.288. The quantitative estimate of drug-likeness (QED) is 0.655. The number of carbonyl (C=O) groups excluding carboxylic acids is 3. The number of benzene rings is 1. The molecule has 2 heterocycles. The van der Waals surface area contributed by atoms with E-state index in [-0.39, 0.29) is 17.6 Å². The fourth-order valence-electron chi connectivity index (χ4n) is 2.39. The van der Waals surface area contributed by atoms with Crippen LogP contribution in [0.5, 0.6) is 0 Å². The van der Waals surface area contributed by atoms with E-state index in [1.807, 2.05) is 0 Å². The smallest absolute Gasteiger partial charge is 0.259 e. The molecule has 0 saturated carbocycles. The van der Waals surface area contributed by atoms with Gasteiger partial charge in [0.2, 0.25) is 0 Å². The Morgan fingerprint density at radius 3 is 2.46 bits per heavy atom. The first-order valence-corrected chi connectivity index (χ1v) is 8.69. The third kappa shape index (κ3) is 3.73. The van der Waals surface area contributed by atoms with E-state index in [9.17, 15) is 14.4 Å². The Morgan fingerprint density at radius 2 is 1.77 bits per heavy atom. The van der Waals surface area contributed by atoms with Crippen LogP contribution in [0.15, 0.2) is 52.5 Å². The molecule has 0 unspecified atom stereocenters. The average Bonchev–Trinajstić information content (AvgIpc) is 3.23. The molecule has 2 amide bonds. The van der Waals surface area contributed by atoms with E-state index in [1.165, 1.54) is 24.5 Å². The summed E-state index contributed by atoms with van der Waals surface area (Å²) in [6.45, 7) is 3.16. The number of hydrogen-bond donors (Lipinski definition) is 2. The van der Waals surface area contributed by atoms with Crippen LogP contribution in [0.3, 0.4) is 0 Å². The molecule has 0 atom stereocenters. The summed E-state index contributed by atoms with van der Waals surface area (Å²) in [4.78, 5) is 36.3. The minimum absolute atomic E-state index is 0.0833. The lowest BCUT2D eigenvalue weighted by atomic mass is 10.1. The van der Waals surface area contributed by atoms with Crippen molar-refractivity contribution in [3.63, 3.8) is 0 Å². The average molecular weight is 368 g/mol. The molecule has 2 aromatic heterocycles. The second-order valence-electron chi connectivity index (χ2n) is 5.60. The van der Waals surface area contributed by atoms with E-state index in [0.29, 0.717) is 33.1 Å². The van der Waals surface area contributed by atoms with Crippen molar-refractivity contribution in [2.45, 2.75) is 13.8 Å². The number of hydrogen-bond acceptors (Lipinski definition) is 5. The maximum Gasteiger partial charge on any atom is 0.259 e. The lowest BCUT2D eigenvalue weighted by Crippen LogP contribution is -2.17. The van der Waals surface area contributed by atoms with Gasteiger partial charge in [-0.2, -0.15) is 0 Å². The zero-order valence-corrected chi connectivity index (χ0v) is 15.0. The molecule has 0 radical (unpaired) electrons. The molecule has 0 saturated heterocycles. The molecule has 0 aliphatic heterocycles. The topological polar surface area (TPSA) is 88.4 Å². The van der Waals surface area contributed by atoms with E-state index < -0.39 is 0 Å². The zero-order chi connectivity index (χ0) is 18.7. The molecule has 1 aromatic carbocycles. The molecule has 0 aliphatic rings. The molecular weight excluding hydrogens is 352 g/mol. The van der Waals surface area contributed by atoms with Gasteiger partial charge in [-0.25, -0.2) is 0 Å². The molecule has 26 heavy (non-hydrogen) atoms. The first-order chi connectivity index (χ1) is 12.5. The summed E-state index contributed by atoms with van der Waals surface area (Å²) >= 11 is 1.25. The number of nitrogens with one attached hydrogen (secondary N) is 2. The first-order valence-electron chi connectivity index (χ1n) is 7.81. The second kappa shape index (κ2) is 7.37. The molecule has 3 rings (SSSR count). The van der Waals surface area contributed by atoms with Crippen LogP contribution < -0.4 is 10.6 Å². The Morgan fingerprint density at radius 1 is 1.00 bits per heavy atom. The Labute approximate surface area is 153 Å². The van der Waals surface area contributed by atoms with Crippen molar-refractivity contribution in [3.8, 4) is 0 Å². The number of aryl methyl sites for hydroxylation is 1. The Balaban J connectivity index is 1.76. The second-order valence-corrected chi connectivity index (χ2v) is 6.52. The predicted octanol–water partition coefficient (Wildman–Crippen LogP) is 4.36. The molecule has 7 heteroatoms. The summed E-state index contributed by atoms with van der Waals surface area (Å²) in [6.07, 6.45) is 1.44. The van der Waals surface area contributed by atoms with E-state index >= 15 is 0 Å². The van der Waals surface area contributed by atoms with Crippen LogP contribution in [0.4, 0.5) is 10.7 Å². The molecule has 0 fully saturated rings. The number of thiophene rings is 1. The summed E-state index contributed by atoms with van der Waals surface area (Å²) in [7, 11) is 0. The number of carbonyl (C=O) groups is 3. The van der Waals surface area contributed by atoms with Gasteiger partial charge in [0.15, 0.2) is 5.78 Å². The number of Topliss-reactive ketones (excluding diaryl/α,β-unsaturated/α-hetero) is 1. The largest absolute Gasteiger partial charge is 0.469 e. The van der Waals surface area contributed by atoms with Gasteiger partial charge in [-0.3, -0.25) is 14.4 Å². The van der Waals surface area contributed by atoms with Gasteiger partial charge in [0.05, 0.1) is 17.4 Å². The molecule has 0 bridgehead atoms. The van der Waals surface area contributed by atoms with Crippen LogP contribution in [-0.2, 0) is 0 Å². The van der Waals surface area contributed by atoms with Crippen molar-refractivity contribution in [1.82, 2.24) is 0 Å². The standard InChI is InChI=1S/C19H16N2O4S/c1-11(22)13-4-3-5-14(10-13)20-18(24)16-7-9-26-19(16)21-17(23)15-6-8-25-12(15)2/h3-10H,1-2H3,(H,20,24)(H,21,23). The van der Waals surface area contributed by atoms with Crippen molar-refractivity contribution in [2.24, 2.45) is 0 Å². The van der Waals surface area contributed by atoms with Crippen LogP contribution >= 0.6 is 11.3 Å². The van der Waals surface area contributed by atoms with Gasteiger partial charge >= 0.3 is 0 Å². The highest BCUT2D eigenvalue weighted by molar-refractivity contribution is 7.14. The fourth-order valence-corrected chi connectivity index (χ4v) is 3.17. The van der Waals surface area contributed by atoms with E-state index in [2.05, 4.69) is 10.6 Å². The SMILES string of the molecule is CC(=O)c1cccc(NC(=O)c2ccsc2NC(=O)c2ccoc2C)c1. The Bertz CT molecular complexity index is 987. The molecule has 3 aromatic rings. The maximum absolute atomic E-state index is 12.6. The molecule has 6 nitrogen and oxygen atoms in total. The van der Waals surface area contributed by atoms with Gasteiger partial charge in [-0.1, -0.05) is 12.1 Å². The van der Waals surface area contributed by atoms with Crippen molar-refractivity contribution in [3.05, 3.63) is 70.5 Å². The lowest BCUT2D eigenvalue weighted by molar-refractivity contribution is 0.100. The third-order valence-corrected chi connectivity index (χ3v) is 4.60. The third-order valence-electron chi connectivity index (χ3n) is 3.77. The normalized spacial score (nSPS) is 10.4. The van der Waals surface area contributed by atoms with Gasteiger partial charge in [-0.15, -0.1) is 11.3 Å². The zero-order valence-electron chi connectivity index (χ0n) is 14.2. The van der Waals surface area contributed by atoms with Crippen molar-refractivity contribution in [2.75, 3.05) is 10.6 Å². The number of furan rings is 1. The van der Waals surface area contributed by atoms with Gasteiger partial charge < -0.3 is 15.1 Å². The summed E-state index contributed by atoms with van der Waals surface area (Å²) in [5, 5.41) is 7.64. The minimum atomic E-state index is -0.369. The monoisotopic (exact) mass is 368 g/mol. The van der Waals surface area contributed by atoms with Crippen molar-refractivity contribution >= 4 is 39.6 Å². The summed E-state index contributed by atoms with van der Waals surface area (Å²) < 4.78 is 5.13. The van der Waals surface area contributed by atoms with Crippen LogP contribution in [0, 0.1) is 6.92 Å². The number of ketones is 1. The molecule has 2 N–H and O–H groups in total. The number of amides is 2. The Hall–Kier alpha value is -3.19. The highest BCUT2D eigenvalue weighted by Gasteiger charge is 2.18. The molecule has 0 aliphatic carbocycles. The highest BCUT2D eigenvalue weighted by Crippen LogP contribution is 2.26. The first kappa shape index (κ1) is 17.6. The van der Waals surface area contributed by atoms with Gasteiger partial charge in [0, 0.05) is 11.3 Å². The fraction of sp³-hybridized carbons (Fsp3) is 0.105. The maximum atomic E-state index is 12.6. The Kier molecular flexibility index (Phi) is 4.99. The molecule has 0 spiro atoms. The van der Waals surface area contributed by atoms with Crippen LogP contribution in [0.1, 0.15) is 43.8 Å². The van der Waals surface area contributed by atoms with Crippen LogP contribution in [-0.4, -0.2) is 17.6 Å². The summed E-state index contributed by atoms with van der Waals surface area (Å²) in [6, 6.07) is 9.90. The van der Waals surface area contributed by atoms with E-state index in [0.717, 1.165) is 0 Å². The van der Waals surface area contributed by atoms with E-state index in [1.54, 1.807) is 48.7 Å². The molecular formula is C19H16N2O4S. The van der Waals surface area contributed by atoms with E-state index in [4.69, 9.17) is 4.42 Å².